The summed E-state index contributed by atoms with van der Waals surface area (Å²) in [6.07, 6.45) is 8.98. The van der Waals surface area contributed by atoms with Gasteiger partial charge in [0.05, 0.1) is 6.04 Å². The normalized spacial score (nSPS) is 19.6. The van der Waals surface area contributed by atoms with Crippen LogP contribution in [0.2, 0.25) is 0 Å². The minimum absolute atomic E-state index is 0.264. The predicted molar refractivity (Wildman–Crippen MR) is 102 cm³/mol. The maximum atomic E-state index is 12.8. The van der Waals surface area contributed by atoms with Crippen molar-refractivity contribution in [1.29, 1.82) is 0 Å². The number of carbonyl (C=O) groups excluding carboxylic acids is 3. The Morgan fingerprint density at radius 2 is 1.69 bits per heavy atom. The highest BCUT2D eigenvalue weighted by atomic mass is 16.2. The summed E-state index contributed by atoms with van der Waals surface area (Å²) < 4.78 is 0. The fraction of sp³-hybridized carbons (Fsp3) is 0.571. The van der Waals surface area contributed by atoms with Crippen molar-refractivity contribution in [2.24, 2.45) is 0 Å². The fourth-order valence-electron chi connectivity index (χ4n) is 3.42. The number of fused-ring (bicyclic) bond motifs is 1. The SMILES string of the molecule is CCNC(=O)C(=O)[C@@H]1CCCCCCCCCc2ccccc2C(=O)N1. The van der Waals surface area contributed by atoms with E-state index >= 15 is 0 Å². The van der Waals surface area contributed by atoms with Crippen LogP contribution in [0, 0.1) is 0 Å². The summed E-state index contributed by atoms with van der Waals surface area (Å²) in [7, 11) is 0. The van der Waals surface area contributed by atoms with Crippen molar-refractivity contribution in [2.75, 3.05) is 6.54 Å². The molecule has 0 bridgehead atoms. The first-order valence-electron chi connectivity index (χ1n) is 9.84. The Morgan fingerprint density at radius 3 is 2.42 bits per heavy atom. The second kappa shape index (κ2) is 10.7. The smallest absolute Gasteiger partial charge is 0.289 e. The van der Waals surface area contributed by atoms with Crippen LogP contribution < -0.4 is 10.6 Å². The molecule has 1 heterocycles. The lowest BCUT2D eigenvalue weighted by atomic mass is 9.97. The third kappa shape index (κ3) is 5.97. The molecule has 142 valence electrons. The Hall–Kier alpha value is -2.17. The van der Waals surface area contributed by atoms with Crippen LogP contribution >= 0.6 is 0 Å². The molecule has 0 aliphatic carbocycles. The van der Waals surface area contributed by atoms with Gasteiger partial charge in [0, 0.05) is 12.1 Å². The Balaban J connectivity index is 2.19. The second-order valence-corrected chi connectivity index (χ2v) is 6.92. The number of ketones is 1. The van der Waals surface area contributed by atoms with E-state index in [1.807, 2.05) is 18.2 Å². The van der Waals surface area contributed by atoms with Gasteiger partial charge in [-0.25, -0.2) is 0 Å². The Morgan fingerprint density at radius 1 is 1.04 bits per heavy atom. The van der Waals surface area contributed by atoms with Gasteiger partial charge in [-0.1, -0.05) is 56.7 Å². The molecule has 0 saturated heterocycles. The molecule has 0 radical (unpaired) electrons. The highest BCUT2D eigenvalue weighted by Gasteiger charge is 2.27. The van der Waals surface area contributed by atoms with E-state index in [9.17, 15) is 14.4 Å². The zero-order valence-electron chi connectivity index (χ0n) is 15.7. The molecule has 2 N–H and O–H groups in total. The largest absolute Gasteiger partial charge is 0.350 e. The van der Waals surface area contributed by atoms with E-state index in [-0.39, 0.29) is 5.91 Å². The first-order chi connectivity index (χ1) is 12.6. The van der Waals surface area contributed by atoms with E-state index in [0.717, 1.165) is 37.7 Å². The van der Waals surface area contributed by atoms with Crippen LogP contribution in [0.4, 0.5) is 0 Å². The van der Waals surface area contributed by atoms with Crippen LogP contribution in [0.5, 0.6) is 0 Å². The van der Waals surface area contributed by atoms with Crippen molar-refractivity contribution < 1.29 is 14.4 Å². The highest BCUT2D eigenvalue weighted by molar-refractivity contribution is 6.38. The van der Waals surface area contributed by atoms with E-state index in [2.05, 4.69) is 10.6 Å². The molecule has 2 rings (SSSR count). The lowest BCUT2D eigenvalue weighted by Crippen LogP contribution is -2.47. The average molecular weight is 358 g/mol. The van der Waals surface area contributed by atoms with Gasteiger partial charge in [0.15, 0.2) is 0 Å². The van der Waals surface area contributed by atoms with Crippen LogP contribution in [0.1, 0.15) is 74.2 Å². The molecule has 5 heteroatoms. The number of Topliss-reactive ketones (excluding diaryl/α,β-unsaturated/α-hetero) is 1. The molecule has 0 saturated carbocycles. The number of hydrogen-bond acceptors (Lipinski definition) is 3. The summed E-state index contributed by atoms with van der Waals surface area (Å²) in [5.41, 5.74) is 1.62. The summed E-state index contributed by atoms with van der Waals surface area (Å²) >= 11 is 0. The lowest BCUT2D eigenvalue weighted by molar-refractivity contribution is -0.139. The van der Waals surface area contributed by atoms with E-state index in [4.69, 9.17) is 0 Å². The first kappa shape index (κ1) is 20.1. The lowest BCUT2D eigenvalue weighted by Gasteiger charge is -2.19. The number of hydrogen-bond donors (Lipinski definition) is 2. The van der Waals surface area contributed by atoms with Gasteiger partial charge >= 0.3 is 0 Å². The van der Waals surface area contributed by atoms with Gasteiger partial charge in [-0.05, 0) is 37.8 Å². The molecule has 1 atom stereocenters. The summed E-state index contributed by atoms with van der Waals surface area (Å²) in [6, 6.07) is 6.78. The number of carbonyl (C=O) groups is 3. The van der Waals surface area contributed by atoms with Gasteiger partial charge in [0.25, 0.3) is 11.8 Å². The Labute approximate surface area is 155 Å². The number of aryl methyl sites for hydroxylation is 1. The Bertz CT molecular complexity index is 627. The molecule has 2 amide bonds. The second-order valence-electron chi connectivity index (χ2n) is 6.92. The van der Waals surface area contributed by atoms with Gasteiger partial charge in [-0.2, -0.15) is 0 Å². The summed E-state index contributed by atoms with van der Waals surface area (Å²) in [4.78, 5) is 37.2. The topological polar surface area (TPSA) is 75.3 Å². The standard InChI is InChI=1S/C21H30N2O3/c1-2-22-21(26)19(24)18-15-9-7-5-3-4-6-8-12-16-13-10-11-14-17(16)20(25)23-18/h10-11,13-14,18H,2-9,12,15H2,1H3,(H,22,26)(H,23,25)/t18-/m0/s1. The first-order valence-corrected chi connectivity index (χ1v) is 9.84. The number of benzene rings is 1. The van der Waals surface area contributed by atoms with Gasteiger partial charge in [0.1, 0.15) is 0 Å². The number of nitrogens with one attached hydrogen (secondary N) is 2. The van der Waals surface area contributed by atoms with Crippen LogP contribution in [0.3, 0.4) is 0 Å². The van der Waals surface area contributed by atoms with Crippen LogP contribution in [0.25, 0.3) is 0 Å². The monoisotopic (exact) mass is 358 g/mol. The maximum absolute atomic E-state index is 12.8. The fourth-order valence-corrected chi connectivity index (χ4v) is 3.42. The molecular weight excluding hydrogens is 328 g/mol. The van der Waals surface area contributed by atoms with Crippen molar-refractivity contribution in [3.63, 3.8) is 0 Å². The van der Waals surface area contributed by atoms with E-state index < -0.39 is 17.7 Å². The van der Waals surface area contributed by atoms with E-state index in [1.54, 1.807) is 13.0 Å². The van der Waals surface area contributed by atoms with Crippen molar-refractivity contribution in [1.82, 2.24) is 10.6 Å². The molecule has 0 spiro atoms. The van der Waals surface area contributed by atoms with Crippen molar-refractivity contribution in [3.8, 4) is 0 Å². The molecule has 26 heavy (non-hydrogen) atoms. The van der Waals surface area contributed by atoms with Gasteiger partial charge in [-0.3, -0.25) is 14.4 Å². The minimum Gasteiger partial charge on any atom is -0.350 e. The van der Waals surface area contributed by atoms with Crippen LogP contribution in [-0.4, -0.2) is 30.2 Å². The average Bonchev–Trinajstić information content (AvgIpc) is 2.65. The Kier molecular flexibility index (Phi) is 8.32. The molecule has 0 unspecified atom stereocenters. The minimum atomic E-state index is -0.759. The molecule has 1 aromatic rings. The van der Waals surface area contributed by atoms with Crippen LogP contribution in [0.15, 0.2) is 24.3 Å². The van der Waals surface area contributed by atoms with Gasteiger partial charge in [0.2, 0.25) is 5.78 Å². The van der Waals surface area contributed by atoms with Crippen molar-refractivity contribution >= 4 is 17.6 Å². The van der Waals surface area contributed by atoms with Crippen molar-refractivity contribution in [3.05, 3.63) is 35.4 Å². The predicted octanol–water partition coefficient (Wildman–Crippen LogP) is 3.17. The highest BCUT2D eigenvalue weighted by Crippen LogP contribution is 2.17. The number of rotatable bonds is 3. The zero-order valence-corrected chi connectivity index (χ0v) is 15.7. The summed E-state index contributed by atoms with van der Waals surface area (Å²) in [5.74, 6) is -1.43. The molecule has 1 aromatic carbocycles. The molecule has 1 aliphatic rings. The van der Waals surface area contributed by atoms with E-state index in [1.165, 1.54) is 19.3 Å². The van der Waals surface area contributed by atoms with Gasteiger partial charge in [-0.15, -0.1) is 0 Å². The molecule has 0 aromatic heterocycles. The zero-order chi connectivity index (χ0) is 18.8. The van der Waals surface area contributed by atoms with Crippen LogP contribution in [-0.2, 0) is 16.0 Å². The molecule has 1 aliphatic heterocycles. The molecule has 5 nitrogen and oxygen atoms in total. The maximum Gasteiger partial charge on any atom is 0.289 e. The third-order valence-corrected chi connectivity index (χ3v) is 4.88. The quantitative estimate of drug-likeness (QED) is 0.815. The van der Waals surface area contributed by atoms with E-state index in [0.29, 0.717) is 18.5 Å². The summed E-state index contributed by atoms with van der Waals surface area (Å²) in [6.45, 7) is 2.17. The summed E-state index contributed by atoms with van der Waals surface area (Å²) in [5, 5.41) is 5.36. The third-order valence-electron chi connectivity index (χ3n) is 4.88. The van der Waals surface area contributed by atoms with Gasteiger partial charge < -0.3 is 10.6 Å². The molecule has 0 fully saturated rings. The number of amides is 2. The molecular formula is C21H30N2O3. The van der Waals surface area contributed by atoms with Crippen molar-refractivity contribution in [2.45, 2.75) is 70.8 Å². The number of likely N-dealkylation sites (N-methyl/N-ethyl adjacent to an activating group) is 1.